The third kappa shape index (κ3) is 3.54. The Morgan fingerprint density at radius 2 is 1.92 bits per heavy atom. The van der Waals surface area contributed by atoms with Crippen LogP contribution in [0.15, 0.2) is 24.3 Å². The summed E-state index contributed by atoms with van der Waals surface area (Å²) in [6.45, 7) is 2.59. The summed E-state index contributed by atoms with van der Waals surface area (Å²) < 4.78 is 5.36. The molecule has 1 aromatic carbocycles. The largest absolute Gasteiger partial charge is 0.491 e. The lowest BCUT2D eigenvalue weighted by atomic mass is 9.77. The number of hydrogen-bond acceptors (Lipinski definition) is 5. The SMILES string of the molecule is CN1C(=O)CC(C(=O)O)C12CCN(Cc1ccc(OCCO)cc1)CC2. The van der Waals surface area contributed by atoms with Gasteiger partial charge in [0.15, 0.2) is 0 Å². The number of likely N-dealkylation sites (tertiary alicyclic amines) is 2. The quantitative estimate of drug-likeness (QED) is 0.783. The Morgan fingerprint density at radius 3 is 2.50 bits per heavy atom. The van der Waals surface area contributed by atoms with Crippen LogP contribution < -0.4 is 4.74 Å². The fourth-order valence-corrected chi connectivity index (χ4v) is 4.20. The minimum absolute atomic E-state index is 0.00837. The Kier molecular flexibility index (Phi) is 5.48. The van der Waals surface area contributed by atoms with Crippen LogP contribution in [-0.2, 0) is 16.1 Å². The molecule has 7 heteroatoms. The van der Waals surface area contributed by atoms with Gasteiger partial charge in [-0.05, 0) is 30.5 Å². The van der Waals surface area contributed by atoms with Crippen molar-refractivity contribution in [3.63, 3.8) is 0 Å². The van der Waals surface area contributed by atoms with Crippen molar-refractivity contribution in [3.05, 3.63) is 29.8 Å². The lowest BCUT2D eigenvalue weighted by molar-refractivity contribution is -0.146. The van der Waals surface area contributed by atoms with Gasteiger partial charge in [-0.3, -0.25) is 14.5 Å². The van der Waals surface area contributed by atoms with Crippen molar-refractivity contribution >= 4 is 11.9 Å². The average Bonchev–Trinajstić information content (AvgIpc) is 2.88. The number of nitrogens with zero attached hydrogens (tertiary/aromatic N) is 2. The Labute approximate surface area is 153 Å². The summed E-state index contributed by atoms with van der Waals surface area (Å²) in [6.07, 6.45) is 1.48. The second-order valence-corrected chi connectivity index (χ2v) is 7.14. The molecule has 0 aliphatic carbocycles. The highest BCUT2D eigenvalue weighted by molar-refractivity contribution is 5.88. The van der Waals surface area contributed by atoms with Crippen molar-refractivity contribution in [3.8, 4) is 5.75 Å². The normalized spacial score (nSPS) is 22.8. The Balaban J connectivity index is 1.60. The molecule has 2 saturated heterocycles. The highest BCUT2D eigenvalue weighted by Gasteiger charge is 2.55. The molecule has 2 heterocycles. The van der Waals surface area contributed by atoms with Crippen molar-refractivity contribution < 1.29 is 24.5 Å². The topological polar surface area (TPSA) is 90.3 Å². The predicted molar refractivity (Wildman–Crippen MR) is 94.8 cm³/mol. The fraction of sp³-hybridized carbons (Fsp3) is 0.579. The summed E-state index contributed by atoms with van der Waals surface area (Å²) in [5.74, 6) is -0.806. The van der Waals surface area contributed by atoms with Crippen LogP contribution in [0.3, 0.4) is 0 Å². The van der Waals surface area contributed by atoms with Crippen LogP contribution in [0.1, 0.15) is 24.8 Å². The molecule has 3 rings (SSSR count). The van der Waals surface area contributed by atoms with Gasteiger partial charge in [-0.2, -0.15) is 0 Å². The second-order valence-electron chi connectivity index (χ2n) is 7.14. The first-order chi connectivity index (χ1) is 12.5. The van der Waals surface area contributed by atoms with Gasteiger partial charge >= 0.3 is 5.97 Å². The Bertz CT molecular complexity index is 652. The van der Waals surface area contributed by atoms with E-state index in [2.05, 4.69) is 4.90 Å². The van der Waals surface area contributed by atoms with E-state index >= 15 is 0 Å². The van der Waals surface area contributed by atoms with E-state index in [4.69, 9.17) is 9.84 Å². The van der Waals surface area contributed by atoms with Crippen molar-refractivity contribution in [2.75, 3.05) is 33.4 Å². The monoisotopic (exact) mass is 362 g/mol. The highest BCUT2D eigenvalue weighted by atomic mass is 16.5. The van der Waals surface area contributed by atoms with Crippen molar-refractivity contribution in [1.82, 2.24) is 9.80 Å². The number of hydrogen-bond donors (Lipinski definition) is 2. The van der Waals surface area contributed by atoms with Crippen LogP contribution in [0.5, 0.6) is 5.75 Å². The molecule has 2 aliphatic rings. The molecule has 1 aromatic rings. The van der Waals surface area contributed by atoms with Gasteiger partial charge in [-0.1, -0.05) is 12.1 Å². The van der Waals surface area contributed by atoms with Gasteiger partial charge in [0.05, 0.1) is 18.1 Å². The van der Waals surface area contributed by atoms with Gasteiger partial charge in [0.25, 0.3) is 0 Å². The molecule has 0 radical (unpaired) electrons. The molecule has 0 bridgehead atoms. The third-order valence-corrected chi connectivity index (χ3v) is 5.78. The van der Waals surface area contributed by atoms with Gasteiger partial charge in [0.2, 0.25) is 5.91 Å². The molecule has 142 valence electrons. The van der Waals surface area contributed by atoms with Crippen molar-refractivity contribution in [2.24, 2.45) is 5.92 Å². The molecule has 0 aromatic heterocycles. The molecule has 26 heavy (non-hydrogen) atoms. The number of carboxylic acid groups (broad SMARTS) is 1. The summed E-state index contributed by atoms with van der Waals surface area (Å²) in [4.78, 5) is 27.7. The number of aliphatic hydroxyl groups excluding tert-OH is 1. The second kappa shape index (κ2) is 7.63. The van der Waals surface area contributed by atoms with E-state index in [0.717, 1.165) is 30.9 Å². The number of piperidine rings is 1. The number of carboxylic acids is 1. The first-order valence-electron chi connectivity index (χ1n) is 9.01. The first kappa shape index (κ1) is 18.7. The van der Waals surface area contributed by atoms with Gasteiger partial charge in [0.1, 0.15) is 12.4 Å². The Morgan fingerprint density at radius 1 is 1.27 bits per heavy atom. The van der Waals surface area contributed by atoms with E-state index in [1.165, 1.54) is 0 Å². The summed E-state index contributed by atoms with van der Waals surface area (Å²) in [7, 11) is 1.74. The van der Waals surface area contributed by atoms with Crippen LogP contribution >= 0.6 is 0 Å². The van der Waals surface area contributed by atoms with Gasteiger partial charge in [-0.15, -0.1) is 0 Å². The minimum atomic E-state index is -0.866. The van der Waals surface area contributed by atoms with Gasteiger partial charge in [-0.25, -0.2) is 0 Å². The van der Waals surface area contributed by atoms with Crippen molar-refractivity contribution in [1.29, 1.82) is 0 Å². The molecule has 1 spiro atoms. The summed E-state index contributed by atoms with van der Waals surface area (Å²) >= 11 is 0. The average molecular weight is 362 g/mol. The smallest absolute Gasteiger partial charge is 0.309 e. The molecule has 0 saturated carbocycles. The number of carbonyl (C=O) groups is 2. The van der Waals surface area contributed by atoms with E-state index < -0.39 is 17.4 Å². The molecular formula is C19H26N2O5. The Hall–Kier alpha value is -2.12. The van der Waals surface area contributed by atoms with E-state index in [1.54, 1.807) is 11.9 Å². The first-order valence-corrected chi connectivity index (χ1v) is 9.01. The van der Waals surface area contributed by atoms with Crippen LogP contribution in [0.25, 0.3) is 0 Å². The van der Waals surface area contributed by atoms with E-state index in [1.807, 2.05) is 24.3 Å². The number of rotatable bonds is 6. The minimum Gasteiger partial charge on any atom is -0.491 e. The zero-order chi connectivity index (χ0) is 18.7. The number of aliphatic hydroxyl groups is 1. The predicted octanol–water partition coefficient (Wildman–Crippen LogP) is 0.955. The molecule has 2 N–H and O–H groups in total. The van der Waals surface area contributed by atoms with E-state index in [-0.39, 0.29) is 25.5 Å². The lowest BCUT2D eigenvalue weighted by Gasteiger charge is -2.45. The van der Waals surface area contributed by atoms with Crippen LogP contribution in [-0.4, -0.2) is 70.8 Å². The van der Waals surface area contributed by atoms with E-state index in [9.17, 15) is 14.7 Å². The van der Waals surface area contributed by atoms with Gasteiger partial charge < -0.3 is 19.8 Å². The molecule has 1 atom stereocenters. The number of aliphatic carboxylic acids is 1. The number of carbonyl (C=O) groups excluding carboxylic acids is 1. The molecule has 2 fully saturated rings. The molecule has 2 aliphatic heterocycles. The molecule has 1 amide bonds. The standard InChI is InChI=1S/C19H26N2O5/c1-20-17(23)12-16(18(24)25)19(20)6-8-21(9-7-19)13-14-2-4-15(5-3-14)26-11-10-22/h2-5,16,22H,6-13H2,1H3,(H,24,25). The van der Waals surface area contributed by atoms with E-state index in [0.29, 0.717) is 12.8 Å². The number of amides is 1. The number of benzene rings is 1. The zero-order valence-corrected chi connectivity index (χ0v) is 15.1. The third-order valence-electron chi connectivity index (χ3n) is 5.78. The maximum atomic E-state index is 12.1. The maximum absolute atomic E-state index is 12.1. The number of ether oxygens (including phenoxy) is 1. The summed E-state index contributed by atoms with van der Waals surface area (Å²) in [5, 5.41) is 18.3. The van der Waals surface area contributed by atoms with Gasteiger partial charge in [0, 0.05) is 33.1 Å². The lowest BCUT2D eigenvalue weighted by Crippen LogP contribution is -2.55. The fourth-order valence-electron chi connectivity index (χ4n) is 4.20. The molecular weight excluding hydrogens is 336 g/mol. The van der Waals surface area contributed by atoms with Crippen molar-refractivity contribution in [2.45, 2.75) is 31.3 Å². The zero-order valence-electron chi connectivity index (χ0n) is 15.1. The maximum Gasteiger partial charge on any atom is 0.309 e. The highest BCUT2D eigenvalue weighted by Crippen LogP contribution is 2.43. The van der Waals surface area contributed by atoms with Crippen LogP contribution in [0.2, 0.25) is 0 Å². The summed E-state index contributed by atoms with van der Waals surface area (Å²) in [6, 6.07) is 7.78. The molecule has 7 nitrogen and oxygen atoms in total. The summed E-state index contributed by atoms with van der Waals surface area (Å²) in [5.41, 5.74) is 0.615. The van der Waals surface area contributed by atoms with Crippen LogP contribution in [0.4, 0.5) is 0 Å². The molecule has 1 unspecified atom stereocenters. The van der Waals surface area contributed by atoms with Crippen LogP contribution in [0, 0.1) is 5.92 Å².